The molecule has 0 fully saturated rings. The first kappa shape index (κ1) is 22.5. The van der Waals surface area contributed by atoms with E-state index in [0.29, 0.717) is 33.7 Å². The minimum absolute atomic E-state index is 0.198. The number of urea groups is 1. The van der Waals surface area contributed by atoms with Crippen LogP contribution in [0.1, 0.15) is 25.6 Å². The highest BCUT2D eigenvalue weighted by Gasteiger charge is 2.22. The van der Waals surface area contributed by atoms with Crippen LogP contribution < -0.4 is 10.6 Å². The molecule has 0 saturated carbocycles. The van der Waals surface area contributed by atoms with Gasteiger partial charge in [-0.3, -0.25) is 0 Å². The van der Waals surface area contributed by atoms with Crippen LogP contribution in [0.25, 0.3) is 11.5 Å². The van der Waals surface area contributed by atoms with Gasteiger partial charge < -0.3 is 15.5 Å². The number of carbonyl (C=O) groups excluding carboxylic acids is 1. The van der Waals surface area contributed by atoms with E-state index >= 15 is 0 Å². The molecule has 2 N–H and O–H groups in total. The molecule has 0 spiro atoms. The number of rotatable bonds is 6. The van der Waals surface area contributed by atoms with Crippen LogP contribution in [0.2, 0.25) is 10.2 Å². The van der Waals surface area contributed by atoms with E-state index in [1.807, 2.05) is 25.8 Å². The van der Waals surface area contributed by atoms with E-state index in [-0.39, 0.29) is 11.1 Å². The number of halogens is 2. The molecule has 0 unspecified atom stereocenters. The molecule has 4 rings (SSSR count). The third-order valence-electron chi connectivity index (χ3n) is 5.01. The predicted molar refractivity (Wildman–Crippen MR) is 126 cm³/mol. The van der Waals surface area contributed by atoms with E-state index in [1.165, 1.54) is 23.4 Å². The van der Waals surface area contributed by atoms with Gasteiger partial charge >= 0.3 is 6.03 Å². The molecular formula is C20H20Cl2N10O. The summed E-state index contributed by atoms with van der Waals surface area (Å²) in [6.45, 7) is 7.85. The Morgan fingerprint density at radius 3 is 2.55 bits per heavy atom. The maximum atomic E-state index is 12.8. The quantitative estimate of drug-likeness (QED) is 0.419. The standard InChI is InChI=1S/C20H20Cl2N10O/c1-11(2)30(4)12(3)18-15(10-23-17-8-16(22)29-31(17)18)28-20(33)27-13-7-14(21)19(24-9-13)32-25-5-6-26-32/h5-10,12H,1H2,2-4H3,(H2,27,28,33)/t12-/m1/s1. The molecule has 4 aromatic rings. The van der Waals surface area contributed by atoms with Crippen LogP contribution >= 0.6 is 23.2 Å². The van der Waals surface area contributed by atoms with Crippen molar-refractivity contribution in [3.05, 3.63) is 65.1 Å². The van der Waals surface area contributed by atoms with E-state index in [1.54, 1.807) is 22.8 Å². The molecule has 0 radical (unpaired) electrons. The number of hydrogen-bond donors (Lipinski definition) is 2. The highest BCUT2D eigenvalue weighted by molar-refractivity contribution is 6.32. The number of allylic oxidation sites excluding steroid dienone is 1. The Morgan fingerprint density at radius 2 is 1.88 bits per heavy atom. The lowest BCUT2D eigenvalue weighted by atomic mass is 10.1. The molecule has 0 aliphatic carbocycles. The average molecular weight is 487 g/mol. The molecule has 1 atom stereocenters. The predicted octanol–water partition coefficient (Wildman–Crippen LogP) is 4.18. The number of hydrogen-bond acceptors (Lipinski definition) is 7. The van der Waals surface area contributed by atoms with E-state index in [2.05, 4.69) is 42.5 Å². The molecule has 13 heteroatoms. The summed E-state index contributed by atoms with van der Waals surface area (Å²) in [6.07, 6.45) is 6.04. The van der Waals surface area contributed by atoms with Crippen LogP contribution in [0, 0.1) is 0 Å². The lowest BCUT2D eigenvalue weighted by molar-refractivity contribution is 0.262. The smallest absolute Gasteiger partial charge is 0.323 e. The van der Waals surface area contributed by atoms with Crippen molar-refractivity contribution >= 4 is 46.3 Å². The molecule has 33 heavy (non-hydrogen) atoms. The third-order valence-corrected chi connectivity index (χ3v) is 5.47. The van der Waals surface area contributed by atoms with Crippen LogP contribution in [0.4, 0.5) is 16.2 Å². The van der Waals surface area contributed by atoms with E-state index in [4.69, 9.17) is 23.2 Å². The molecule has 0 aromatic carbocycles. The largest absolute Gasteiger partial charge is 0.370 e. The van der Waals surface area contributed by atoms with E-state index in [0.717, 1.165) is 5.70 Å². The van der Waals surface area contributed by atoms with E-state index < -0.39 is 6.03 Å². The Morgan fingerprint density at radius 1 is 1.15 bits per heavy atom. The van der Waals surface area contributed by atoms with Crippen LogP contribution in [0.5, 0.6) is 0 Å². The number of nitrogens with one attached hydrogen (secondary N) is 2. The monoisotopic (exact) mass is 486 g/mol. The Labute approximate surface area is 199 Å². The Balaban J connectivity index is 1.61. The van der Waals surface area contributed by atoms with E-state index in [9.17, 15) is 4.79 Å². The van der Waals surface area contributed by atoms with Gasteiger partial charge in [0, 0.05) is 18.8 Å². The summed E-state index contributed by atoms with van der Waals surface area (Å²) in [5.74, 6) is 0.344. The number of anilines is 2. The second-order valence-corrected chi connectivity index (χ2v) is 8.04. The fourth-order valence-corrected chi connectivity index (χ4v) is 3.61. The van der Waals surface area contributed by atoms with Gasteiger partial charge in [0.1, 0.15) is 0 Å². The first-order valence-electron chi connectivity index (χ1n) is 9.77. The molecule has 2 amide bonds. The zero-order chi connectivity index (χ0) is 23.7. The van der Waals surface area contributed by atoms with Crippen molar-refractivity contribution in [3.63, 3.8) is 0 Å². The topological polar surface area (TPSA) is 118 Å². The summed E-state index contributed by atoms with van der Waals surface area (Å²) in [6, 6.07) is 2.49. The van der Waals surface area contributed by atoms with Crippen LogP contribution in [0.3, 0.4) is 0 Å². The number of pyridine rings is 1. The lowest BCUT2D eigenvalue weighted by Crippen LogP contribution is -2.26. The second-order valence-electron chi connectivity index (χ2n) is 7.24. The minimum Gasteiger partial charge on any atom is -0.370 e. The number of aromatic nitrogens is 7. The molecule has 0 aliphatic heterocycles. The SMILES string of the molecule is C=C(C)N(C)[C@H](C)c1c(NC(=O)Nc2cnc(-n3nccn3)c(Cl)c2)cnc2cc(Cl)nn12. The summed E-state index contributed by atoms with van der Waals surface area (Å²) in [5.41, 5.74) is 2.93. The maximum Gasteiger partial charge on any atom is 0.323 e. The molecular weight excluding hydrogens is 467 g/mol. The second kappa shape index (κ2) is 9.04. The van der Waals surface area contributed by atoms with Gasteiger partial charge in [-0.1, -0.05) is 29.8 Å². The van der Waals surface area contributed by atoms with Crippen molar-refractivity contribution in [1.29, 1.82) is 0 Å². The normalized spacial score (nSPS) is 11.9. The van der Waals surface area contributed by atoms with Gasteiger partial charge in [-0.05, 0) is 19.9 Å². The molecule has 0 aliphatic rings. The number of nitrogens with zero attached hydrogens (tertiary/aromatic N) is 8. The minimum atomic E-state index is -0.510. The summed E-state index contributed by atoms with van der Waals surface area (Å²) in [4.78, 5) is 24.6. The number of fused-ring (bicyclic) bond motifs is 1. The summed E-state index contributed by atoms with van der Waals surface area (Å²) >= 11 is 12.4. The van der Waals surface area contributed by atoms with Crippen molar-refractivity contribution < 1.29 is 4.79 Å². The highest BCUT2D eigenvalue weighted by atomic mass is 35.5. The zero-order valence-electron chi connectivity index (χ0n) is 18.0. The molecule has 0 bridgehead atoms. The van der Waals surface area contributed by atoms with Crippen molar-refractivity contribution in [2.75, 3.05) is 17.7 Å². The van der Waals surface area contributed by atoms with Crippen molar-refractivity contribution in [2.45, 2.75) is 19.9 Å². The Kier molecular flexibility index (Phi) is 6.16. The maximum absolute atomic E-state index is 12.8. The fraction of sp³-hybridized carbons (Fsp3) is 0.200. The van der Waals surface area contributed by atoms with Gasteiger partial charge in [-0.25, -0.2) is 19.3 Å². The van der Waals surface area contributed by atoms with Crippen molar-refractivity contribution in [2.24, 2.45) is 0 Å². The number of amides is 2. The first-order valence-corrected chi connectivity index (χ1v) is 10.5. The Bertz CT molecular complexity index is 1330. The highest BCUT2D eigenvalue weighted by Crippen LogP contribution is 2.29. The Hall–Kier alpha value is -3.70. The average Bonchev–Trinajstić information content (AvgIpc) is 3.41. The summed E-state index contributed by atoms with van der Waals surface area (Å²) in [7, 11) is 1.90. The summed E-state index contributed by atoms with van der Waals surface area (Å²) in [5, 5.41) is 18.4. The first-order chi connectivity index (χ1) is 15.7. The molecule has 4 aromatic heterocycles. The summed E-state index contributed by atoms with van der Waals surface area (Å²) < 4.78 is 1.60. The van der Waals surface area contributed by atoms with Crippen LogP contribution in [-0.4, -0.2) is 52.6 Å². The van der Waals surface area contributed by atoms with Gasteiger partial charge in [-0.15, -0.1) is 4.80 Å². The molecule has 11 nitrogen and oxygen atoms in total. The molecule has 4 heterocycles. The van der Waals surface area contributed by atoms with Gasteiger partial charge in [0.05, 0.1) is 52.9 Å². The van der Waals surface area contributed by atoms with Gasteiger partial charge in [0.15, 0.2) is 16.6 Å². The van der Waals surface area contributed by atoms with Gasteiger partial charge in [0.25, 0.3) is 0 Å². The zero-order valence-corrected chi connectivity index (χ0v) is 19.5. The van der Waals surface area contributed by atoms with Crippen LogP contribution in [0.15, 0.2) is 49.2 Å². The van der Waals surface area contributed by atoms with Crippen LogP contribution in [-0.2, 0) is 0 Å². The number of carbonyl (C=O) groups is 1. The van der Waals surface area contributed by atoms with Gasteiger partial charge in [-0.2, -0.15) is 15.3 Å². The lowest BCUT2D eigenvalue weighted by Gasteiger charge is -2.28. The van der Waals surface area contributed by atoms with Crippen molar-refractivity contribution in [3.8, 4) is 5.82 Å². The van der Waals surface area contributed by atoms with Gasteiger partial charge in [0.2, 0.25) is 0 Å². The van der Waals surface area contributed by atoms with Crippen molar-refractivity contribution in [1.82, 2.24) is 39.5 Å². The molecule has 170 valence electrons. The molecule has 0 saturated heterocycles. The third kappa shape index (κ3) is 4.59. The fourth-order valence-electron chi connectivity index (χ4n) is 3.19.